The Hall–Kier alpha value is -1.48. The molecule has 0 radical (unpaired) electrons. The molecule has 1 aromatic heterocycles. The molecule has 0 saturated heterocycles. The molecule has 0 aliphatic rings. The van der Waals surface area contributed by atoms with Gasteiger partial charge in [0.2, 0.25) is 0 Å². The highest BCUT2D eigenvalue weighted by atomic mass is 32.1. The molecule has 0 N–H and O–H groups in total. The molecule has 0 aliphatic heterocycles. The van der Waals surface area contributed by atoms with Gasteiger partial charge in [0.25, 0.3) is 0 Å². The molecule has 0 amide bonds. The van der Waals surface area contributed by atoms with E-state index >= 15 is 0 Å². The van der Waals surface area contributed by atoms with Crippen LogP contribution in [-0.4, -0.2) is 10.8 Å². The number of aromatic nitrogens is 1. The molecule has 0 aliphatic carbocycles. The quantitative estimate of drug-likeness (QED) is 0.762. The second-order valence-electron chi connectivity index (χ2n) is 4.74. The maximum Gasteiger partial charge on any atom is 0.179 e. The molecule has 0 fully saturated rings. The molecule has 0 saturated carbocycles. The number of nitrogens with zero attached hydrogens (tertiary/aromatic N) is 1. The zero-order chi connectivity index (χ0) is 13.3. The summed E-state index contributed by atoms with van der Waals surface area (Å²) in [5, 5.41) is 0.933. The van der Waals surface area contributed by atoms with Gasteiger partial charge in [-0.25, -0.2) is 4.98 Å². The van der Waals surface area contributed by atoms with Crippen LogP contribution in [0.25, 0.3) is 10.4 Å². The third-order valence-corrected chi connectivity index (χ3v) is 3.93. The summed E-state index contributed by atoms with van der Waals surface area (Å²) in [7, 11) is 0. The summed E-state index contributed by atoms with van der Waals surface area (Å²) < 4.78 is 0. The molecule has 0 spiro atoms. The topological polar surface area (TPSA) is 30.0 Å². The molecule has 2 rings (SSSR count). The monoisotopic (exact) mass is 259 g/mol. The predicted molar refractivity (Wildman–Crippen MR) is 76.4 cm³/mol. The molecule has 3 heteroatoms. The fraction of sp³-hybridized carbons (Fsp3) is 0.333. The van der Waals surface area contributed by atoms with Crippen LogP contribution in [0.5, 0.6) is 0 Å². The summed E-state index contributed by atoms with van der Waals surface area (Å²) in [6.07, 6.45) is 0. The van der Waals surface area contributed by atoms with Gasteiger partial charge in [0.1, 0.15) is 5.69 Å². The molecule has 2 nitrogen and oxygen atoms in total. The van der Waals surface area contributed by atoms with Crippen molar-refractivity contribution in [1.29, 1.82) is 0 Å². The van der Waals surface area contributed by atoms with Gasteiger partial charge < -0.3 is 0 Å². The van der Waals surface area contributed by atoms with Crippen molar-refractivity contribution in [3.05, 3.63) is 40.5 Å². The van der Waals surface area contributed by atoms with Crippen LogP contribution < -0.4 is 0 Å². The number of carbonyl (C=O) groups excluding carboxylic acids is 1. The van der Waals surface area contributed by atoms with Gasteiger partial charge in [-0.3, -0.25) is 4.79 Å². The van der Waals surface area contributed by atoms with Crippen molar-refractivity contribution < 1.29 is 4.79 Å². The minimum atomic E-state index is 0.0299. The lowest BCUT2D eigenvalue weighted by atomic mass is 10.0. The van der Waals surface area contributed by atoms with Gasteiger partial charge in [0.05, 0.1) is 9.88 Å². The zero-order valence-corrected chi connectivity index (χ0v) is 12.0. The summed E-state index contributed by atoms with van der Waals surface area (Å²) >= 11 is 1.58. The lowest BCUT2D eigenvalue weighted by Crippen LogP contribution is -1.95. The smallest absolute Gasteiger partial charge is 0.179 e. The average molecular weight is 259 g/mol. The van der Waals surface area contributed by atoms with E-state index in [0.29, 0.717) is 11.6 Å². The lowest BCUT2D eigenvalue weighted by molar-refractivity contribution is 0.101. The summed E-state index contributed by atoms with van der Waals surface area (Å²) in [5.74, 6) is 0.553. The first-order valence-electron chi connectivity index (χ1n) is 6.07. The summed E-state index contributed by atoms with van der Waals surface area (Å²) in [4.78, 5) is 16.9. The molecule has 18 heavy (non-hydrogen) atoms. The fourth-order valence-electron chi connectivity index (χ4n) is 1.88. The highest BCUT2D eigenvalue weighted by molar-refractivity contribution is 7.15. The number of hydrogen-bond donors (Lipinski definition) is 0. The Bertz CT molecular complexity index is 567. The largest absolute Gasteiger partial charge is 0.293 e. The van der Waals surface area contributed by atoms with E-state index in [9.17, 15) is 4.79 Å². The minimum absolute atomic E-state index is 0.0299. The van der Waals surface area contributed by atoms with Gasteiger partial charge >= 0.3 is 0 Å². The van der Waals surface area contributed by atoms with E-state index in [2.05, 4.69) is 43.1 Å². The Morgan fingerprint density at radius 3 is 2.33 bits per heavy atom. The third kappa shape index (κ3) is 2.51. The van der Waals surface area contributed by atoms with Crippen LogP contribution in [0.3, 0.4) is 0 Å². The van der Waals surface area contributed by atoms with Crippen molar-refractivity contribution in [2.24, 2.45) is 0 Å². The van der Waals surface area contributed by atoms with Crippen molar-refractivity contribution in [2.75, 3.05) is 0 Å². The fourth-order valence-corrected chi connectivity index (χ4v) is 2.85. The van der Waals surface area contributed by atoms with E-state index in [1.807, 2.05) is 6.92 Å². The molecule has 94 valence electrons. The summed E-state index contributed by atoms with van der Waals surface area (Å²) in [6, 6.07) is 8.40. The summed E-state index contributed by atoms with van der Waals surface area (Å²) in [5.41, 5.74) is 2.98. The first-order valence-corrected chi connectivity index (χ1v) is 6.89. The first-order chi connectivity index (χ1) is 8.49. The number of ketones is 1. The van der Waals surface area contributed by atoms with Crippen molar-refractivity contribution in [2.45, 2.75) is 33.6 Å². The molecule has 1 aromatic carbocycles. The number of benzene rings is 1. The van der Waals surface area contributed by atoms with Gasteiger partial charge in [-0.15, -0.1) is 11.3 Å². The van der Waals surface area contributed by atoms with Crippen LogP contribution in [0, 0.1) is 6.92 Å². The maximum absolute atomic E-state index is 11.6. The van der Waals surface area contributed by atoms with E-state index in [0.717, 1.165) is 15.4 Å². The highest BCUT2D eigenvalue weighted by Crippen LogP contribution is 2.31. The molecular weight excluding hydrogens is 242 g/mol. The molecule has 2 aromatic rings. The molecular formula is C15H17NOS. The number of hydrogen-bond acceptors (Lipinski definition) is 3. The Labute approximate surface area is 112 Å². The second-order valence-corrected chi connectivity index (χ2v) is 5.95. The zero-order valence-electron chi connectivity index (χ0n) is 11.2. The van der Waals surface area contributed by atoms with Crippen LogP contribution in [0.15, 0.2) is 24.3 Å². The van der Waals surface area contributed by atoms with Crippen LogP contribution in [0.1, 0.15) is 47.7 Å². The Morgan fingerprint density at radius 2 is 1.83 bits per heavy atom. The lowest BCUT2D eigenvalue weighted by Gasteiger charge is -2.06. The summed E-state index contributed by atoms with van der Waals surface area (Å²) in [6.45, 7) is 7.85. The molecule has 0 atom stereocenters. The Kier molecular flexibility index (Phi) is 3.62. The van der Waals surface area contributed by atoms with Crippen molar-refractivity contribution >= 4 is 17.1 Å². The van der Waals surface area contributed by atoms with E-state index < -0.39 is 0 Å². The number of Topliss-reactive ketones (excluding diaryl/α,β-unsaturated/α-hetero) is 1. The number of thiazole rings is 1. The van der Waals surface area contributed by atoms with Crippen LogP contribution in [0.2, 0.25) is 0 Å². The SMILES string of the molecule is CC(=O)c1nc(C)sc1-c1ccc(C(C)C)cc1. The van der Waals surface area contributed by atoms with Gasteiger partial charge in [0.15, 0.2) is 5.78 Å². The van der Waals surface area contributed by atoms with Crippen LogP contribution in [-0.2, 0) is 0 Å². The van der Waals surface area contributed by atoms with Gasteiger partial charge in [-0.1, -0.05) is 38.1 Å². The third-order valence-electron chi connectivity index (χ3n) is 2.91. The van der Waals surface area contributed by atoms with Crippen LogP contribution in [0.4, 0.5) is 0 Å². The van der Waals surface area contributed by atoms with E-state index in [1.54, 1.807) is 18.3 Å². The first kappa shape index (κ1) is 13.0. The number of rotatable bonds is 3. The number of aryl methyl sites for hydroxylation is 1. The second kappa shape index (κ2) is 5.02. The van der Waals surface area contributed by atoms with E-state index in [-0.39, 0.29) is 5.78 Å². The molecule has 0 bridgehead atoms. The average Bonchev–Trinajstić information content (AvgIpc) is 2.71. The van der Waals surface area contributed by atoms with Gasteiger partial charge in [-0.05, 0) is 24.0 Å². The standard InChI is InChI=1S/C15H17NOS/c1-9(2)12-5-7-13(8-6-12)15-14(10(3)17)16-11(4)18-15/h5-9H,1-4H3. The van der Waals surface area contributed by atoms with E-state index in [4.69, 9.17) is 0 Å². The van der Waals surface area contributed by atoms with Crippen molar-refractivity contribution in [3.8, 4) is 10.4 Å². The Morgan fingerprint density at radius 1 is 1.22 bits per heavy atom. The van der Waals surface area contributed by atoms with Crippen molar-refractivity contribution in [3.63, 3.8) is 0 Å². The maximum atomic E-state index is 11.6. The normalized spacial score (nSPS) is 10.9. The van der Waals surface area contributed by atoms with Gasteiger partial charge in [0, 0.05) is 6.92 Å². The molecule has 0 unspecified atom stereocenters. The van der Waals surface area contributed by atoms with Crippen molar-refractivity contribution in [1.82, 2.24) is 4.98 Å². The van der Waals surface area contributed by atoms with Crippen LogP contribution >= 0.6 is 11.3 Å². The van der Waals surface area contributed by atoms with E-state index in [1.165, 1.54) is 5.56 Å². The highest BCUT2D eigenvalue weighted by Gasteiger charge is 2.14. The Balaban J connectivity index is 2.45. The van der Waals surface area contributed by atoms with Gasteiger partial charge in [-0.2, -0.15) is 0 Å². The number of carbonyl (C=O) groups is 1. The minimum Gasteiger partial charge on any atom is -0.293 e. The molecule has 1 heterocycles. The predicted octanol–water partition coefficient (Wildman–Crippen LogP) is 4.44.